The van der Waals surface area contributed by atoms with Crippen molar-refractivity contribution in [2.45, 2.75) is 33.3 Å². The van der Waals surface area contributed by atoms with Crippen molar-refractivity contribution in [3.05, 3.63) is 22.8 Å². The van der Waals surface area contributed by atoms with Crippen molar-refractivity contribution in [2.75, 3.05) is 0 Å². The van der Waals surface area contributed by atoms with Crippen LogP contribution in [0.4, 0.5) is 0 Å². The summed E-state index contributed by atoms with van der Waals surface area (Å²) in [5.41, 5.74) is 3.13. The SMILES string of the molecule is Cc1c(O)cc2c(c1C)OC(C)C2. The summed E-state index contributed by atoms with van der Waals surface area (Å²) in [6, 6.07) is 1.82. The van der Waals surface area contributed by atoms with E-state index in [0.29, 0.717) is 5.75 Å². The molecule has 1 aromatic rings. The zero-order chi connectivity index (χ0) is 9.59. The first kappa shape index (κ1) is 8.42. The minimum atomic E-state index is 0.245. The third-order valence-electron chi connectivity index (χ3n) is 2.72. The van der Waals surface area contributed by atoms with Gasteiger partial charge in [-0.3, -0.25) is 0 Å². The van der Waals surface area contributed by atoms with E-state index in [1.807, 2.05) is 26.8 Å². The highest BCUT2D eigenvalue weighted by Crippen LogP contribution is 2.37. The minimum absolute atomic E-state index is 0.245. The fraction of sp³-hybridized carbons (Fsp3) is 0.455. The fourth-order valence-electron chi connectivity index (χ4n) is 1.81. The largest absolute Gasteiger partial charge is 0.508 e. The molecule has 0 saturated carbocycles. The number of aromatic hydroxyl groups is 1. The summed E-state index contributed by atoms with van der Waals surface area (Å²) >= 11 is 0. The molecule has 13 heavy (non-hydrogen) atoms. The maximum Gasteiger partial charge on any atom is 0.126 e. The monoisotopic (exact) mass is 178 g/mol. The van der Waals surface area contributed by atoms with E-state index in [1.165, 1.54) is 0 Å². The minimum Gasteiger partial charge on any atom is -0.508 e. The van der Waals surface area contributed by atoms with Gasteiger partial charge in [-0.15, -0.1) is 0 Å². The van der Waals surface area contributed by atoms with Gasteiger partial charge in [0.2, 0.25) is 0 Å². The van der Waals surface area contributed by atoms with Gasteiger partial charge in [-0.05, 0) is 38.0 Å². The Hall–Kier alpha value is -1.18. The number of benzene rings is 1. The van der Waals surface area contributed by atoms with Gasteiger partial charge in [-0.1, -0.05) is 0 Å². The molecule has 0 amide bonds. The molecule has 0 aliphatic carbocycles. The molecule has 1 heterocycles. The number of phenols is 1. The molecule has 2 heteroatoms. The van der Waals surface area contributed by atoms with Gasteiger partial charge in [0.25, 0.3) is 0 Å². The Morgan fingerprint density at radius 1 is 1.38 bits per heavy atom. The third kappa shape index (κ3) is 1.17. The van der Waals surface area contributed by atoms with E-state index in [1.54, 1.807) is 0 Å². The lowest BCUT2D eigenvalue weighted by atomic mass is 10.0. The molecule has 1 aromatic carbocycles. The van der Waals surface area contributed by atoms with Gasteiger partial charge in [0, 0.05) is 12.0 Å². The summed E-state index contributed by atoms with van der Waals surface area (Å²) in [5.74, 6) is 1.36. The maximum absolute atomic E-state index is 9.59. The lowest BCUT2D eigenvalue weighted by Crippen LogP contribution is -2.05. The van der Waals surface area contributed by atoms with Crippen LogP contribution >= 0.6 is 0 Å². The number of hydrogen-bond acceptors (Lipinski definition) is 2. The van der Waals surface area contributed by atoms with E-state index in [2.05, 4.69) is 0 Å². The lowest BCUT2D eigenvalue weighted by Gasteiger charge is -2.09. The van der Waals surface area contributed by atoms with E-state index in [9.17, 15) is 5.11 Å². The first-order valence-electron chi connectivity index (χ1n) is 4.58. The molecule has 1 N–H and O–H groups in total. The van der Waals surface area contributed by atoms with E-state index in [0.717, 1.165) is 28.9 Å². The van der Waals surface area contributed by atoms with Crippen LogP contribution in [0.15, 0.2) is 6.07 Å². The van der Waals surface area contributed by atoms with Crippen molar-refractivity contribution in [1.82, 2.24) is 0 Å². The smallest absolute Gasteiger partial charge is 0.126 e. The number of ether oxygens (including phenoxy) is 1. The van der Waals surface area contributed by atoms with Gasteiger partial charge < -0.3 is 9.84 Å². The summed E-state index contributed by atoms with van der Waals surface area (Å²) in [6.45, 7) is 5.95. The Morgan fingerprint density at radius 3 is 2.77 bits per heavy atom. The lowest BCUT2D eigenvalue weighted by molar-refractivity contribution is 0.253. The van der Waals surface area contributed by atoms with Gasteiger partial charge in [-0.25, -0.2) is 0 Å². The normalized spacial score (nSPS) is 19.8. The molecule has 0 spiro atoms. The number of rotatable bonds is 0. The molecule has 70 valence electrons. The van der Waals surface area contributed by atoms with E-state index in [4.69, 9.17) is 4.74 Å². The molecule has 0 radical (unpaired) electrons. The molecular formula is C11H14O2. The second-order valence-electron chi connectivity index (χ2n) is 3.77. The molecule has 2 rings (SSSR count). The summed E-state index contributed by atoms with van der Waals surface area (Å²) in [6.07, 6.45) is 1.15. The van der Waals surface area contributed by atoms with E-state index < -0.39 is 0 Å². The van der Waals surface area contributed by atoms with Crippen molar-refractivity contribution >= 4 is 0 Å². The van der Waals surface area contributed by atoms with Crippen molar-refractivity contribution in [2.24, 2.45) is 0 Å². The van der Waals surface area contributed by atoms with Crippen LogP contribution in [0, 0.1) is 13.8 Å². The van der Waals surface area contributed by atoms with Crippen LogP contribution < -0.4 is 4.74 Å². The highest BCUT2D eigenvalue weighted by molar-refractivity contribution is 5.53. The van der Waals surface area contributed by atoms with Gasteiger partial charge in [0.1, 0.15) is 17.6 Å². The van der Waals surface area contributed by atoms with Crippen molar-refractivity contribution in [1.29, 1.82) is 0 Å². The van der Waals surface area contributed by atoms with Gasteiger partial charge in [0.05, 0.1) is 0 Å². The Kier molecular flexibility index (Phi) is 1.72. The molecule has 0 fully saturated rings. The summed E-state index contributed by atoms with van der Waals surface area (Å²) < 4.78 is 5.66. The second-order valence-corrected chi connectivity index (χ2v) is 3.77. The van der Waals surface area contributed by atoms with Gasteiger partial charge in [0.15, 0.2) is 0 Å². The topological polar surface area (TPSA) is 29.5 Å². The predicted octanol–water partition coefficient (Wildman–Crippen LogP) is 2.33. The van der Waals surface area contributed by atoms with Crippen molar-refractivity contribution in [3.8, 4) is 11.5 Å². The first-order chi connectivity index (χ1) is 6.09. The summed E-state index contributed by atoms with van der Waals surface area (Å²) in [7, 11) is 0. The van der Waals surface area contributed by atoms with Crippen LogP contribution in [0.25, 0.3) is 0 Å². The van der Waals surface area contributed by atoms with Crippen LogP contribution in [-0.2, 0) is 6.42 Å². The Morgan fingerprint density at radius 2 is 2.08 bits per heavy atom. The van der Waals surface area contributed by atoms with Crippen LogP contribution in [0.3, 0.4) is 0 Å². The summed E-state index contributed by atoms with van der Waals surface area (Å²) in [5, 5.41) is 9.59. The van der Waals surface area contributed by atoms with Gasteiger partial charge >= 0.3 is 0 Å². The van der Waals surface area contributed by atoms with E-state index >= 15 is 0 Å². The van der Waals surface area contributed by atoms with Gasteiger partial charge in [-0.2, -0.15) is 0 Å². The average Bonchev–Trinajstić information content (AvgIpc) is 2.42. The molecule has 0 saturated heterocycles. The molecular weight excluding hydrogens is 164 g/mol. The first-order valence-corrected chi connectivity index (χ1v) is 4.58. The zero-order valence-corrected chi connectivity index (χ0v) is 8.22. The fourth-order valence-corrected chi connectivity index (χ4v) is 1.81. The number of hydrogen-bond donors (Lipinski definition) is 1. The summed E-state index contributed by atoms with van der Waals surface area (Å²) in [4.78, 5) is 0. The quantitative estimate of drug-likeness (QED) is 0.660. The van der Waals surface area contributed by atoms with Crippen LogP contribution in [0.5, 0.6) is 11.5 Å². The highest BCUT2D eigenvalue weighted by atomic mass is 16.5. The molecule has 2 nitrogen and oxygen atoms in total. The number of phenolic OH excluding ortho intramolecular Hbond substituents is 1. The molecule has 0 aromatic heterocycles. The van der Waals surface area contributed by atoms with Crippen LogP contribution in [0.2, 0.25) is 0 Å². The molecule has 1 aliphatic rings. The van der Waals surface area contributed by atoms with Crippen molar-refractivity contribution < 1.29 is 9.84 Å². The van der Waals surface area contributed by atoms with Crippen LogP contribution in [0.1, 0.15) is 23.6 Å². The Balaban J connectivity index is 2.60. The Labute approximate surface area is 78.2 Å². The highest BCUT2D eigenvalue weighted by Gasteiger charge is 2.23. The average molecular weight is 178 g/mol. The van der Waals surface area contributed by atoms with Crippen LogP contribution in [-0.4, -0.2) is 11.2 Å². The standard InChI is InChI=1S/C11H14O2/c1-6-4-9-5-10(12)7(2)8(3)11(9)13-6/h5-6,12H,4H2,1-3H3. The third-order valence-corrected chi connectivity index (χ3v) is 2.72. The molecule has 1 atom stereocenters. The molecule has 1 unspecified atom stereocenters. The molecule has 1 aliphatic heterocycles. The zero-order valence-electron chi connectivity index (χ0n) is 8.22. The van der Waals surface area contributed by atoms with Crippen molar-refractivity contribution in [3.63, 3.8) is 0 Å². The second kappa shape index (κ2) is 2.66. The maximum atomic E-state index is 9.59. The molecule has 0 bridgehead atoms. The Bertz CT molecular complexity index is 356. The predicted molar refractivity (Wildman–Crippen MR) is 51.4 cm³/mol. The van der Waals surface area contributed by atoms with E-state index in [-0.39, 0.29) is 6.10 Å². The number of fused-ring (bicyclic) bond motifs is 1.